The van der Waals surface area contributed by atoms with Crippen molar-refractivity contribution in [3.63, 3.8) is 0 Å². The van der Waals surface area contributed by atoms with Gasteiger partial charge in [0, 0.05) is 16.9 Å². The normalized spacial score (nSPS) is 17.1. The van der Waals surface area contributed by atoms with Crippen LogP contribution < -0.4 is 0 Å². The molecular formula is C35H26N2. The zero-order chi connectivity index (χ0) is 29.9. The number of hydrogen-bond acceptors (Lipinski definition) is 1. The summed E-state index contributed by atoms with van der Waals surface area (Å²) in [5.41, 5.74) is 9.22. The van der Waals surface area contributed by atoms with Gasteiger partial charge in [0.25, 0.3) is 0 Å². The molecule has 8 rings (SSSR count). The van der Waals surface area contributed by atoms with Crippen LogP contribution in [0.15, 0.2) is 115 Å². The second kappa shape index (κ2) is 7.30. The van der Waals surface area contributed by atoms with Crippen molar-refractivity contribution in [2.75, 3.05) is 0 Å². The lowest BCUT2D eigenvalue weighted by molar-refractivity contribution is 0.627. The fourth-order valence-electron chi connectivity index (χ4n) is 6.35. The molecule has 5 aromatic carbocycles. The van der Waals surface area contributed by atoms with E-state index < -0.39 is 5.41 Å². The van der Waals surface area contributed by atoms with Gasteiger partial charge >= 0.3 is 0 Å². The highest BCUT2D eigenvalue weighted by molar-refractivity contribution is 5.90. The molecule has 0 amide bonds. The number of aromatic nitrogens is 2. The van der Waals surface area contributed by atoms with Gasteiger partial charge in [0.1, 0.15) is 5.82 Å². The topological polar surface area (TPSA) is 17.8 Å². The van der Waals surface area contributed by atoms with E-state index in [1.165, 1.54) is 28.3 Å². The standard InChI is InChI=1S/C35H26N2/c1-35(2)28-17-10-18-30-33(28)37(34(36-30)22-11-4-3-5-12-22)31-20-19-23(21-29(31)35)32-26-15-8-6-13-24(26)25-14-7-9-16-27(25)32/h3-21,32H,1-2H3/i3D,4D,10D,11D,12D,17D. The molecule has 0 spiro atoms. The van der Waals surface area contributed by atoms with Crippen molar-refractivity contribution in [3.8, 4) is 28.2 Å². The highest BCUT2D eigenvalue weighted by Crippen LogP contribution is 2.51. The zero-order valence-corrected chi connectivity index (χ0v) is 20.5. The van der Waals surface area contributed by atoms with Crippen molar-refractivity contribution in [2.24, 2.45) is 0 Å². The summed E-state index contributed by atoms with van der Waals surface area (Å²) in [6.07, 6.45) is 0. The largest absolute Gasteiger partial charge is 0.292 e. The number of rotatable bonds is 2. The monoisotopic (exact) mass is 480 g/mol. The highest BCUT2D eigenvalue weighted by atomic mass is 15.1. The van der Waals surface area contributed by atoms with E-state index in [9.17, 15) is 0 Å². The lowest BCUT2D eigenvalue weighted by Crippen LogP contribution is -2.27. The molecule has 176 valence electrons. The third-order valence-electron chi connectivity index (χ3n) is 8.05. The van der Waals surface area contributed by atoms with Crippen LogP contribution in [-0.2, 0) is 5.41 Å². The second-order valence-electron chi connectivity index (χ2n) is 10.4. The van der Waals surface area contributed by atoms with Gasteiger partial charge in [-0.3, -0.25) is 4.57 Å². The van der Waals surface area contributed by atoms with Crippen LogP contribution in [0.3, 0.4) is 0 Å². The molecule has 2 nitrogen and oxygen atoms in total. The lowest BCUT2D eigenvalue weighted by Gasteiger charge is -2.35. The minimum Gasteiger partial charge on any atom is -0.292 e. The number of hydrogen-bond donors (Lipinski definition) is 0. The molecular weight excluding hydrogens is 448 g/mol. The third kappa shape index (κ3) is 2.73. The first kappa shape index (κ1) is 15.6. The van der Waals surface area contributed by atoms with E-state index >= 15 is 0 Å². The van der Waals surface area contributed by atoms with Gasteiger partial charge in [-0.25, -0.2) is 4.98 Å². The van der Waals surface area contributed by atoms with Gasteiger partial charge in [-0.2, -0.15) is 0 Å². The maximum Gasteiger partial charge on any atom is 0.145 e. The molecule has 6 aromatic rings. The minimum absolute atomic E-state index is 0.0327. The number of imidazole rings is 1. The maximum absolute atomic E-state index is 9.02. The Balaban J connectivity index is 1.45. The summed E-state index contributed by atoms with van der Waals surface area (Å²) in [5.74, 6) is 0.344. The summed E-state index contributed by atoms with van der Waals surface area (Å²) >= 11 is 0. The van der Waals surface area contributed by atoms with Crippen LogP contribution in [0.1, 0.15) is 55.8 Å². The molecule has 1 aliphatic heterocycles. The minimum atomic E-state index is -0.651. The molecule has 0 saturated carbocycles. The van der Waals surface area contributed by atoms with Crippen LogP contribution in [0.25, 0.3) is 39.2 Å². The highest BCUT2D eigenvalue weighted by Gasteiger charge is 2.37. The number of para-hydroxylation sites is 1. The van der Waals surface area contributed by atoms with Crippen molar-refractivity contribution in [1.29, 1.82) is 0 Å². The first-order chi connectivity index (χ1) is 20.6. The Morgan fingerprint density at radius 3 is 2.30 bits per heavy atom. The first-order valence-electron chi connectivity index (χ1n) is 15.5. The summed E-state index contributed by atoms with van der Waals surface area (Å²) < 4.78 is 53.3. The molecule has 0 saturated heterocycles. The van der Waals surface area contributed by atoms with Crippen LogP contribution in [0, 0.1) is 0 Å². The molecule has 37 heavy (non-hydrogen) atoms. The molecule has 0 unspecified atom stereocenters. The predicted octanol–water partition coefficient (Wildman–Crippen LogP) is 8.49. The van der Waals surface area contributed by atoms with E-state index in [-0.39, 0.29) is 47.7 Å². The summed E-state index contributed by atoms with van der Waals surface area (Å²) in [4.78, 5) is 4.85. The van der Waals surface area contributed by atoms with Crippen LogP contribution in [0.5, 0.6) is 0 Å². The van der Waals surface area contributed by atoms with Gasteiger partial charge in [-0.15, -0.1) is 0 Å². The lowest BCUT2D eigenvalue weighted by atomic mass is 9.73. The van der Waals surface area contributed by atoms with Crippen LogP contribution in [-0.4, -0.2) is 9.55 Å². The molecule has 0 atom stereocenters. The van der Waals surface area contributed by atoms with Crippen LogP contribution in [0.4, 0.5) is 0 Å². The summed E-state index contributed by atoms with van der Waals surface area (Å²) in [6.45, 7) is 4.16. The van der Waals surface area contributed by atoms with E-state index in [1.807, 2.05) is 4.57 Å². The average Bonchev–Trinajstić information content (AvgIpc) is 3.51. The SMILES string of the molecule is [2H]c1cc([2H])c(-c2nc3cc([2H])c([2H])c4c3n2-c2ccc(C3c5ccccc5-c5ccccc53)cc2C4(C)C)c([2H])c1[2H]. The number of benzene rings is 5. The number of fused-ring (bicyclic) bond motifs is 5. The second-order valence-corrected chi connectivity index (χ2v) is 10.4. The van der Waals surface area contributed by atoms with Gasteiger partial charge < -0.3 is 0 Å². The van der Waals surface area contributed by atoms with E-state index in [0.29, 0.717) is 22.4 Å². The third-order valence-corrected chi connectivity index (χ3v) is 8.05. The predicted molar refractivity (Wildman–Crippen MR) is 151 cm³/mol. The number of nitrogens with zero attached hydrogens (tertiary/aromatic N) is 2. The fraction of sp³-hybridized carbons (Fsp3) is 0.114. The molecule has 2 heteroatoms. The Hall–Kier alpha value is -4.43. The van der Waals surface area contributed by atoms with Gasteiger partial charge in [0.15, 0.2) is 0 Å². The summed E-state index contributed by atoms with van der Waals surface area (Å²) in [7, 11) is 0. The molecule has 1 aliphatic carbocycles. The van der Waals surface area contributed by atoms with Crippen LogP contribution in [0.2, 0.25) is 0 Å². The molecule has 0 fully saturated rings. The molecule has 0 bridgehead atoms. The van der Waals surface area contributed by atoms with E-state index in [2.05, 4.69) is 80.6 Å². The van der Waals surface area contributed by atoms with Gasteiger partial charge in [0.2, 0.25) is 0 Å². The van der Waals surface area contributed by atoms with Crippen LogP contribution >= 0.6 is 0 Å². The van der Waals surface area contributed by atoms with E-state index in [4.69, 9.17) is 13.2 Å². The first-order valence-corrected chi connectivity index (χ1v) is 12.5. The summed E-state index contributed by atoms with van der Waals surface area (Å²) in [6, 6.07) is 25.7. The Morgan fingerprint density at radius 1 is 0.757 bits per heavy atom. The maximum atomic E-state index is 9.02. The van der Waals surface area contributed by atoms with Crippen molar-refractivity contribution < 1.29 is 8.22 Å². The Bertz CT molecular complexity index is 2150. The van der Waals surface area contributed by atoms with Gasteiger partial charge in [-0.1, -0.05) is 117 Å². The molecule has 2 heterocycles. The zero-order valence-electron chi connectivity index (χ0n) is 26.5. The Morgan fingerprint density at radius 2 is 1.51 bits per heavy atom. The average molecular weight is 481 g/mol. The Kier molecular flexibility index (Phi) is 3.08. The van der Waals surface area contributed by atoms with Crippen molar-refractivity contribution in [3.05, 3.63) is 143 Å². The molecule has 1 aromatic heterocycles. The van der Waals surface area contributed by atoms with Gasteiger partial charge in [0.05, 0.1) is 24.9 Å². The molecule has 0 N–H and O–H groups in total. The fourth-order valence-corrected chi connectivity index (χ4v) is 6.35. The van der Waals surface area contributed by atoms with E-state index in [0.717, 1.165) is 16.8 Å². The summed E-state index contributed by atoms with van der Waals surface area (Å²) in [5, 5.41) is 0. The smallest absolute Gasteiger partial charge is 0.145 e. The quantitative estimate of drug-likeness (QED) is 0.243. The van der Waals surface area contributed by atoms with Gasteiger partial charge in [-0.05, 0) is 51.1 Å². The van der Waals surface area contributed by atoms with Crippen molar-refractivity contribution in [1.82, 2.24) is 9.55 Å². The van der Waals surface area contributed by atoms with Crippen molar-refractivity contribution in [2.45, 2.75) is 25.2 Å². The van der Waals surface area contributed by atoms with E-state index in [1.54, 1.807) is 6.07 Å². The molecule has 0 radical (unpaired) electrons. The van der Waals surface area contributed by atoms with Crippen molar-refractivity contribution >= 4 is 11.0 Å². The Labute approximate surface area is 225 Å². The molecule has 2 aliphatic rings.